The first kappa shape index (κ1) is 14.3. The van der Waals surface area contributed by atoms with Crippen LogP contribution in [0.2, 0.25) is 0 Å². The molecular formula is C18H18BrNO. The Morgan fingerprint density at radius 1 is 1.19 bits per heavy atom. The Morgan fingerprint density at radius 3 is 2.71 bits per heavy atom. The molecule has 0 spiro atoms. The van der Waals surface area contributed by atoms with Crippen molar-refractivity contribution in [2.24, 2.45) is 0 Å². The van der Waals surface area contributed by atoms with Crippen LogP contribution in [0.5, 0.6) is 0 Å². The van der Waals surface area contributed by atoms with Gasteiger partial charge in [0.05, 0.1) is 4.83 Å². The van der Waals surface area contributed by atoms with E-state index in [1.807, 2.05) is 6.07 Å². The number of hydrogen-bond acceptors (Lipinski definition) is 1. The summed E-state index contributed by atoms with van der Waals surface area (Å²) >= 11 is 3.52. The van der Waals surface area contributed by atoms with Gasteiger partial charge in [0.1, 0.15) is 0 Å². The standard InChI is InChI=1S/C18H18BrNO/c1-12-7-8-15-14(10-13-5-3-2-4-6-13)11-16(19)18(21)20-17(15)9-12/h2-9,14,16H,10-11H2,1H3,(H,20,21). The van der Waals surface area contributed by atoms with Crippen LogP contribution in [0.25, 0.3) is 0 Å². The first-order chi connectivity index (χ1) is 10.1. The van der Waals surface area contributed by atoms with Gasteiger partial charge in [0.2, 0.25) is 5.91 Å². The number of hydrogen-bond donors (Lipinski definition) is 1. The topological polar surface area (TPSA) is 29.1 Å². The molecule has 108 valence electrons. The fourth-order valence-corrected chi connectivity index (χ4v) is 3.49. The van der Waals surface area contributed by atoms with Gasteiger partial charge in [0, 0.05) is 5.69 Å². The predicted octanol–water partition coefficient (Wildman–Crippen LogP) is 4.43. The SMILES string of the molecule is Cc1ccc2c(c1)NC(=O)C(Br)CC2Cc1ccccc1. The van der Waals surface area contributed by atoms with Gasteiger partial charge in [0.25, 0.3) is 0 Å². The number of rotatable bonds is 2. The van der Waals surface area contributed by atoms with Gasteiger partial charge in [0.15, 0.2) is 0 Å². The highest BCUT2D eigenvalue weighted by molar-refractivity contribution is 9.10. The van der Waals surface area contributed by atoms with Crippen molar-refractivity contribution in [3.63, 3.8) is 0 Å². The highest BCUT2D eigenvalue weighted by Gasteiger charge is 2.28. The third kappa shape index (κ3) is 3.18. The van der Waals surface area contributed by atoms with Gasteiger partial charge in [-0.15, -0.1) is 0 Å². The zero-order valence-corrected chi connectivity index (χ0v) is 13.6. The predicted molar refractivity (Wildman–Crippen MR) is 90.0 cm³/mol. The monoisotopic (exact) mass is 343 g/mol. The van der Waals surface area contributed by atoms with E-state index < -0.39 is 0 Å². The van der Waals surface area contributed by atoms with Crippen molar-refractivity contribution >= 4 is 27.5 Å². The molecule has 0 aliphatic carbocycles. The van der Waals surface area contributed by atoms with E-state index in [0.717, 1.165) is 18.5 Å². The molecule has 2 atom stereocenters. The molecule has 0 saturated carbocycles. The zero-order chi connectivity index (χ0) is 14.8. The third-order valence-corrected chi connectivity index (χ3v) is 4.80. The zero-order valence-electron chi connectivity index (χ0n) is 12.0. The Hall–Kier alpha value is -1.61. The number of alkyl halides is 1. The lowest BCUT2D eigenvalue weighted by Gasteiger charge is -2.18. The van der Waals surface area contributed by atoms with E-state index in [0.29, 0.717) is 5.92 Å². The molecule has 1 heterocycles. The molecule has 3 rings (SSSR count). The minimum absolute atomic E-state index is 0.0532. The first-order valence-electron chi connectivity index (χ1n) is 7.23. The van der Waals surface area contributed by atoms with Crippen molar-refractivity contribution in [2.75, 3.05) is 5.32 Å². The third-order valence-electron chi connectivity index (χ3n) is 4.01. The number of amides is 1. The lowest BCUT2D eigenvalue weighted by atomic mass is 9.87. The van der Waals surface area contributed by atoms with Gasteiger partial charge < -0.3 is 5.32 Å². The van der Waals surface area contributed by atoms with Crippen LogP contribution >= 0.6 is 15.9 Å². The largest absolute Gasteiger partial charge is 0.325 e. The summed E-state index contributed by atoms with van der Waals surface area (Å²) in [5, 5.41) is 3.04. The van der Waals surface area contributed by atoms with Crippen molar-refractivity contribution in [3.05, 3.63) is 65.2 Å². The number of fused-ring (bicyclic) bond motifs is 1. The second-order valence-electron chi connectivity index (χ2n) is 5.67. The van der Waals surface area contributed by atoms with E-state index in [1.165, 1.54) is 16.7 Å². The van der Waals surface area contributed by atoms with E-state index in [4.69, 9.17) is 0 Å². The van der Waals surface area contributed by atoms with E-state index >= 15 is 0 Å². The lowest BCUT2D eigenvalue weighted by molar-refractivity contribution is -0.115. The Bertz CT molecular complexity index is 654. The summed E-state index contributed by atoms with van der Waals surface area (Å²) in [4.78, 5) is 12.0. The molecule has 1 aliphatic rings. The van der Waals surface area contributed by atoms with Gasteiger partial charge in [-0.3, -0.25) is 4.79 Å². The number of benzene rings is 2. The van der Waals surface area contributed by atoms with E-state index in [-0.39, 0.29) is 10.7 Å². The number of carbonyl (C=O) groups excluding carboxylic acids is 1. The molecular weight excluding hydrogens is 326 g/mol. The molecule has 1 aliphatic heterocycles. The number of carbonyl (C=O) groups is 1. The van der Waals surface area contributed by atoms with Crippen LogP contribution in [0.1, 0.15) is 29.0 Å². The molecule has 0 aromatic heterocycles. The van der Waals surface area contributed by atoms with Crippen molar-refractivity contribution in [3.8, 4) is 0 Å². The normalized spacial score (nSPS) is 21.3. The van der Waals surface area contributed by atoms with Gasteiger partial charge >= 0.3 is 0 Å². The molecule has 0 saturated heterocycles. The molecule has 2 unspecified atom stereocenters. The molecule has 1 N–H and O–H groups in total. The van der Waals surface area contributed by atoms with Crippen molar-refractivity contribution < 1.29 is 4.79 Å². The summed E-state index contributed by atoms with van der Waals surface area (Å²) in [5.74, 6) is 0.392. The van der Waals surface area contributed by atoms with E-state index in [1.54, 1.807) is 0 Å². The number of nitrogens with one attached hydrogen (secondary N) is 1. The van der Waals surface area contributed by atoms with Gasteiger partial charge in [-0.05, 0) is 48.4 Å². The number of halogens is 1. The van der Waals surface area contributed by atoms with Crippen LogP contribution in [0.3, 0.4) is 0 Å². The maximum absolute atomic E-state index is 12.1. The smallest absolute Gasteiger partial charge is 0.238 e. The van der Waals surface area contributed by atoms with Crippen LogP contribution in [0.15, 0.2) is 48.5 Å². The minimum Gasteiger partial charge on any atom is -0.325 e. The Morgan fingerprint density at radius 2 is 1.95 bits per heavy atom. The number of anilines is 1. The number of aryl methyl sites for hydroxylation is 1. The lowest BCUT2D eigenvalue weighted by Crippen LogP contribution is -2.21. The maximum Gasteiger partial charge on any atom is 0.238 e. The van der Waals surface area contributed by atoms with Crippen LogP contribution in [0.4, 0.5) is 5.69 Å². The average Bonchev–Trinajstić information content (AvgIpc) is 2.58. The van der Waals surface area contributed by atoms with Crippen molar-refractivity contribution in [1.82, 2.24) is 0 Å². The maximum atomic E-state index is 12.1. The van der Waals surface area contributed by atoms with E-state index in [2.05, 4.69) is 70.6 Å². The van der Waals surface area contributed by atoms with Crippen LogP contribution < -0.4 is 5.32 Å². The van der Waals surface area contributed by atoms with Gasteiger partial charge in [-0.2, -0.15) is 0 Å². The summed E-state index contributed by atoms with van der Waals surface area (Å²) < 4.78 is 0. The van der Waals surface area contributed by atoms with Gasteiger partial charge in [-0.25, -0.2) is 0 Å². The second kappa shape index (κ2) is 6.02. The average molecular weight is 344 g/mol. The first-order valence-corrected chi connectivity index (χ1v) is 8.14. The fraction of sp³-hybridized carbons (Fsp3) is 0.278. The summed E-state index contributed by atoms with van der Waals surface area (Å²) in [6, 6.07) is 16.8. The molecule has 1 amide bonds. The molecule has 0 fully saturated rings. The highest BCUT2D eigenvalue weighted by atomic mass is 79.9. The molecule has 2 aromatic rings. The fourth-order valence-electron chi connectivity index (χ4n) is 2.92. The Kier molecular flexibility index (Phi) is 4.11. The highest BCUT2D eigenvalue weighted by Crippen LogP contribution is 2.36. The quantitative estimate of drug-likeness (QED) is 0.803. The molecule has 3 heteroatoms. The second-order valence-corrected chi connectivity index (χ2v) is 6.78. The summed E-state index contributed by atoms with van der Waals surface area (Å²) in [6.07, 6.45) is 1.77. The van der Waals surface area contributed by atoms with Crippen molar-refractivity contribution in [2.45, 2.75) is 30.5 Å². The molecule has 0 bridgehead atoms. The molecule has 2 nitrogen and oxygen atoms in total. The molecule has 21 heavy (non-hydrogen) atoms. The Labute approximate surface area is 133 Å². The molecule has 2 aromatic carbocycles. The van der Waals surface area contributed by atoms with Crippen LogP contribution in [0, 0.1) is 6.92 Å². The summed E-state index contributed by atoms with van der Waals surface area (Å²) in [6.45, 7) is 2.05. The van der Waals surface area contributed by atoms with Crippen LogP contribution in [-0.2, 0) is 11.2 Å². The van der Waals surface area contributed by atoms with E-state index in [9.17, 15) is 4.79 Å². The van der Waals surface area contributed by atoms with Gasteiger partial charge in [-0.1, -0.05) is 58.4 Å². The Balaban J connectivity index is 1.97. The summed E-state index contributed by atoms with van der Waals surface area (Å²) in [5.41, 5.74) is 4.67. The van der Waals surface area contributed by atoms with Crippen LogP contribution in [-0.4, -0.2) is 10.7 Å². The van der Waals surface area contributed by atoms with Crippen molar-refractivity contribution in [1.29, 1.82) is 0 Å². The summed E-state index contributed by atoms with van der Waals surface area (Å²) in [7, 11) is 0. The molecule has 0 radical (unpaired) electrons. The minimum atomic E-state index is -0.140.